The van der Waals surface area contributed by atoms with E-state index in [1.165, 1.54) is 13.3 Å². The predicted octanol–water partition coefficient (Wildman–Crippen LogP) is 3.34. The summed E-state index contributed by atoms with van der Waals surface area (Å²) in [6.07, 6.45) is 4.59. The lowest BCUT2D eigenvalue weighted by Crippen LogP contribution is -2.49. The van der Waals surface area contributed by atoms with Gasteiger partial charge in [-0.2, -0.15) is 16.9 Å². The third-order valence-electron chi connectivity index (χ3n) is 7.13. The number of ether oxygens (including phenoxy) is 1. The Morgan fingerprint density at radius 2 is 1.88 bits per heavy atom. The number of carbonyl (C=O) groups is 3. The maximum absolute atomic E-state index is 13.6. The molecular weight excluding hydrogens is 554 g/mol. The van der Waals surface area contributed by atoms with E-state index in [2.05, 4.69) is 15.6 Å². The van der Waals surface area contributed by atoms with E-state index < -0.39 is 12.1 Å². The number of pyridine rings is 1. The number of fused-ring (bicyclic) bond motifs is 1. The molecule has 224 valence electrons. The third-order valence-corrected chi connectivity index (χ3v) is 7.77. The number of benzene rings is 1. The molecule has 42 heavy (non-hydrogen) atoms. The normalized spacial score (nSPS) is 18.5. The molecule has 3 heterocycles. The first-order valence-electron chi connectivity index (χ1n) is 14.2. The van der Waals surface area contributed by atoms with Crippen molar-refractivity contribution in [3.05, 3.63) is 60.0 Å². The highest BCUT2D eigenvalue weighted by atomic mass is 32.2. The first-order valence-corrected chi connectivity index (χ1v) is 15.6. The van der Waals surface area contributed by atoms with Crippen LogP contribution in [0.1, 0.15) is 55.3 Å². The zero-order valence-corrected chi connectivity index (χ0v) is 25.4. The molecule has 0 unspecified atom stereocenters. The van der Waals surface area contributed by atoms with Crippen molar-refractivity contribution < 1.29 is 19.1 Å². The molecule has 1 aliphatic heterocycles. The number of rotatable bonds is 7. The van der Waals surface area contributed by atoms with E-state index in [1.807, 2.05) is 50.4 Å². The molecular formula is C30H39N7O4S. The molecule has 3 amide bonds. The Kier molecular flexibility index (Phi) is 10.9. The number of hydrogen-bond donors (Lipinski definition) is 2. The quantitative estimate of drug-likeness (QED) is 0.427. The van der Waals surface area contributed by atoms with Crippen molar-refractivity contribution in [1.82, 2.24) is 35.3 Å². The molecule has 0 spiro atoms. The fraction of sp³-hybridized carbons (Fsp3) is 0.467. The minimum Gasteiger partial charge on any atom is -0.481 e. The monoisotopic (exact) mass is 593 g/mol. The number of methoxy groups -OCH3 is 1. The standard InChI is InChI=1S/C30H39N7O4S/c1-20(2)26-28-34-27(21-9-6-5-7-10-21)35-37(28)17-16-36(30(40)22-12-13-25(41-3)31-19-22)15-8-11-24(38)32-23(14-18-42-4)29(39)33-26/h5-7,9-10,12-13,19-20,23,26H,8,11,14-18H2,1-4H3,(H,32,38)(H,33,39)/t23-,26+/m0/s1. The van der Waals surface area contributed by atoms with Crippen LogP contribution in [0, 0.1) is 5.92 Å². The molecule has 0 fully saturated rings. The lowest BCUT2D eigenvalue weighted by Gasteiger charge is -2.28. The first-order chi connectivity index (χ1) is 20.3. The molecule has 4 rings (SSSR count). The van der Waals surface area contributed by atoms with Crippen LogP contribution < -0.4 is 15.4 Å². The number of amides is 3. The van der Waals surface area contributed by atoms with Gasteiger partial charge in [0.05, 0.1) is 25.3 Å². The molecule has 2 N–H and O–H groups in total. The van der Waals surface area contributed by atoms with Crippen LogP contribution in [0.25, 0.3) is 11.4 Å². The van der Waals surface area contributed by atoms with Crippen molar-refractivity contribution in [3.63, 3.8) is 0 Å². The van der Waals surface area contributed by atoms with Crippen molar-refractivity contribution in [3.8, 4) is 17.3 Å². The van der Waals surface area contributed by atoms with Crippen molar-refractivity contribution in [2.24, 2.45) is 5.92 Å². The lowest BCUT2D eigenvalue weighted by molar-refractivity contribution is -0.129. The van der Waals surface area contributed by atoms with Gasteiger partial charge in [0.1, 0.15) is 6.04 Å². The smallest absolute Gasteiger partial charge is 0.255 e. The summed E-state index contributed by atoms with van der Waals surface area (Å²) in [5.41, 5.74) is 1.28. The summed E-state index contributed by atoms with van der Waals surface area (Å²) in [5, 5.41) is 10.9. The van der Waals surface area contributed by atoms with E-state index in [1.54, 1.807) is 33.5 Å². The van der Waals surface area contributed by atoms with E-state index in [0.717, 1.165) is 11.3 Å². The van der Waals surface area contributed by atoms with Crippen molar-refractivity contribution in [2.45, 2.75) is 51.7 Å². The van der Waals surface area contributed by atoms with E-state index >= 15 is 0 Å². The summed E-state index contributed by atoms with van der Waals surface area (Å²) >= 11 is 1.62. The second-order valence-corrected chi connectivity index (χ2v) is 11.5. The van der Waals surface area contributed by atoms with Crippen molar-refractivity contribution in [1.29, 1.82) is 0 Å². The van der Waals surface area contributed by atoms with E-state index in [9.17, 15) is 14.4 Å². The minimum absolute atomic E-state index is 0.0200. The molecule has 11 nitrogen and oxygen atoms in total. The molecule has 12 heteroatoms. The van der Waals surface area contributed by atoms with E-state index in [-0.39, 0.29) is 30.1 Å². The number of nitrogens with zero attached hydrogens (tertiary/aromatic N) is 5. The molecule has 2 atom stereocenters. The molecule has 0 aliphatic carbocycles. The SMILES string of the molecule is COc1ccc(C(=O)N2CCCC(=O)N[C@@H](CCSC)C(=O)N[C@H](C(C)C)c3nc(-c4ccccc4)nn3CC2)cn1. The van der Waals surface area contributed by atoms with Gasteiger partial charge in [-0.25, -0.2) is 14.6 Å². The van der Waals surface area contributed by atoms with Gasteiger partial charge in [-0.05, 0) is 36.8 Å². The molecule has 0 bridgehead atoms. The Balaban J connectivity index is 1.72. The van der Waals surface area contributed by atoms with E-state index in [0.29, 0.717) is 55.6 Å². The topological polar surface area (TPSA) is 131 Å². The van der Waals surface area contributed by atoms with Crippen LogP contribution in [-0.2, 0) is 16.1 Å². The van der Waals surface area contributed by atoms with Crippen LogP contribution in [0.4, 0.5) is 0 Å². The third kappa shape index (κ3) is 7.87. The molecule has 3 aromatic rings. The van der Waals surface area contributed by atoms with Gasteiger partial charge in [-0.3, -0.25) is 14.4 Å². The van der Waals surface area contributed by atoms with Gasteiger partial charge in [0.2, 0.25) is 17.7 Å². The van der Waals surface area contributed by atoms with Gasteiger partial charge in [0.15, 0.2) is 11.6 Å². The number of nitrogens with one attached hydrogen (secondary N) is 2. The number of hydrogen-bond acceptors (Lipinski definition) is 8. The van der Waals surface area contributed by atoms with Crippen LogP contribution in [0.15, 0.2) is 48.7 Å². The van der Waals surface area contributed by atoms with Crippen LogP contribution in [0.5, 0.6) is 5.88 Å². The largest absolute Gasteiger partial charge is 0.481 e. The number of aromatic nitrogens is 4. The maximum atomic E-state index is 13.6. The van der Waals surface area contributed by atoms with Crippen LogP contribution in [0.2, 0.25) is 0 Å². The molecule has 0 saturated heterocycles. The number of thioether (sulfide) groups is 1. The molecule has 0 saturated carbocycles. The Morgan fingerprint density at radius 3 is 2.55 bits per heavy atom. The van der Waals surface area contributed by atoms with Crippen molar-refractivity contribution >= 4 is 29.5 Å². The Hall–Kier alpha value is -3.93. The lowest BCUT2D eigenvalue weighted by atomic mass is 10.0. The fourth-order valence-corrected chi connectivity index (χ4v) is 5.25. The van der Waals surface area contributed by atoms with Gasteiger partial charge < -0.3 is 20.3 Å². The van der Waals surface area contributed by atoms with Crippen LogP contribution in [0.3, 0.4) is 0 Å². The zero-order valence-electron chi connectivity index (χ0n) is 24.6. The van der Waals surface area contributed by atoms with E-state index in [4.69, 9.17) is 14.8 Å². The van der Waals surface area contributed by atoms with Gasteiger partial charge >= 0.3 is 0 Å². The molecule has 2 aromatic heterocycles. The highest BCUT2D eigenvalue weighted by molar-refractivity contribution is 7.98. The summed E-state index contributed by atoms with van der Waals surface area (Å²) in [7, 11) is 1.52. The van der Waals surface area contributed by atoms with Gasteiger partial charge in [0, 0.05) is 37.3 Å². The highest BCUT2D eigenvalue weighted by Gasteiger charge is 2.30. The predicted molar refractivity (Wildman–Crippen MR) is 162 cm³/mol. The van der Waals surface area contributed by atoms with Gasteiger partial charge in [0.25, 0.3) is 5.91 Å². The van der Waals surface area contributed by atoms with Crippen LogP contribution in [-0.4, -0.2) is 80.6 Å². The highest BCUT2D eigenvalue weighted by Crippen LogP contribution is 2.25. The Bertz CT molecular complexity index is 1350. The number of carbonyl (C=O) groups excluding carboxylic acids is 3. The minimum atomic E-state index is -0.679. The fourth-order valence-electron chi connectivity index (χ4n) is 4.78. The zero-order chi connectivity index (χ0) is 30.1. The van der Waals surface area contributed by atoms with Gasteiger partial charge in [-0.15, -0.1) is 0 Å². The van der Waals surface area contributed by atoms with Crippen LogP contribution >= 0.6 is 11.8 Å². The maximum Gasteiger partial charge on any atom is 0.255 e. The second kappa shape index (κ2) is 14.8. The summed E-state index contributed by atoms with van der Waals surface area (Å²) in [6, 6.07) is 11.9. The average molecular weight is 594 g/mol. The summed E-state index contributed by atoms with van der Waals surface area (Å²) in [6.45, 7) is 5.05. The Labute approximate surface area is 250 Å². The van der Waals surface area contributed by atoms with Crippen molar-refractivity contribution in [2.75, 3.05) is 32.2 Å². The summed E-state index contributed by atoms with van der Waals surface area (Å²) in [5.74, 6) is 1.60. The Morgan fingerprint density at radius 1 is 1.10 bits per heavy atom. The molecule has 1 aliphatic rings. The molecule has 1 aromatic carbocycles. The second-order valence-electron chi connectivity index (χ2n) is 10.5. The summed E-state index contributed by atoms with van der Waals surface area (Å²) in [4.78, 5) is 50.8. The van der Waals surface area contributed by atoms with Gasteiger partial charge in [-0.1, -0.05) is 44.2 Å². The molecule has 0 radical (unpaired) electrons. The summed E-state index contributed by atoms with van der Waals surface area (Å²) < 4.78 is 6.93. The first kappa shape index (κ1) is 31.0. The average Bonchev–Trinajstić information content (AvgIpc) is 3.42.